The van der Waals surface area contributed by atoms with Gasteiger partial charge in [0.2, 0.25) is 11.8 Å². The Morgan fingerprint density at radius 3 is 2.26 bits per heavy atom. The number of hydrogen-bond donors (Lipinski definition) is 1. The second-order valence-corrected chi connectivity index (χ2v) is 11.5. The average Bonchev–Trinajstić information content (AvgIpc) is 2.92. The van der Waals surface area contributed by atoms with Crippen molar-refractivity contribution in [3.8, 4) is 5.75 Å². The van der Waals surface area contributed by atoms with Crippen LogP contribution in [0.15, 0.2) is 83.8 Å². The van der Waals surface area contributed by atoms with Crippen molar-refractivity contribution in [1.29, 1.82) is 0 Å². The third-order valence-electron chi connectivity index (χ3n) is 6.07. The maximum Gasteiger partial charge on any atom is 0.264 e. The summed E-state index contributed by atoms with van der Waals surface area (Å²) in [6, 6.07) is 20.4. The normalized spacial score (nSPS) is 12.1. The number of carbonyl (C=O) groups excluding carboxylic acids is 2. The second-order valence-electron chi connectivity index (χ2n) is 9.23. The average molecular weight is 572 g/mol. The highest BCUT2D eigenvalue weighted by atomic mass is 35.5. The number of nitrogens with zero attached hydrogens (tertiary/aromatic N) is 2. The topological polar surface area (TPSA) is 96.0 Å². The third kappa shape index (κ3) is 7.52. The van der Waals surface area contributed by atoms with E-state index in [1.807, 2.05) is 13.8 Å². The van der Waals surface area contributed by atoms with Crippen LogP contribution in [0.5, 0.6) is 5.75 Å². The Morgan fingerprint density at radius 1 is 0.974 bits per heavy atom. The molecule has 0 heterocycles. The highest BCUT2D eigenvalue weighted by molar-refractivity contribution is 7.92. The standard InChI is InChI=1S/C29H34ClN3O5S/c1-5-27(29(35)31-21(2)3)32(19-22-12-9-10-17-26(22)30)28(34)20-33(23-13-11-14-24(18-23)38-4)39(36,37)25-15-7-6-8-16-25/h6-18,21,27H,5,19-20H2,1-4H3,(H,31,35)/t27-/m1/s1. The van der Waals surface area contributed by atoms with Gasteiger partial charge in [-0.1, -0.05) is 61.0 Å². The minimum atomic E-state index is -4.16. The van der Waals surface area contributed by atoms with Crippen LogP contribution < -0.4 is 14.4 Å². The minimum Gasteiger partial charge on any atom is -0.497 e. The lowest BCUT2D eigenvalue weighted by Gasteiger charge is -2.33. The zero-order valence-electron chi connectivity index (χ0n) is 22.5. The fourth-order valence-corrected chi connectivity index (χ4v) is 5.75. The Bertz CT molecular complexity index is 1380. The molecule has 0 spiro atoms. The lowest BCUT2D eigenvalue weighted by Crippen LogP contribution is -2.53. The smallest absolute Gasteiger partial charge is 0.264 e. The van der Waals surface area contributed by atoms with Crippen LogP contribution in [0.1, 0.15) is 32.8 Å². The van der Waals surface area contributed by atoms with Crippen molar-refractivity contribution in [2.75, 3.05) is 18.0 Å². The molecule has 0 fully saturated rings. The molecule has 10 heteroatoms. The molecule has 0 saturated carbocycles. The maximum absolute atomic E-state index is 14.0. The summed E-state index contributed by atoms with van der Waals surface area (Å²) in [7, 11) is -2.68. The number of ether oxygens (including phenoxy) is 1. The van der Waals surface area contributed by atoms with Gasteiger partial charge in [-0.15, -0.1) is 0 Å². The van der Waals surface area contributed by atoms with Gasteiger partial charge in [-0.25, -0.2) is 8.42 Å². The van der Waals surface area contributed by atoms with E-state index in [4.69, 9.17) is 16.3 Å². The summed E-state index contributed by atoms with van der Waals surface area (Å²) >= 11 is 6.41. The molecule has 0 radical (unpaired) electrons. The van der Waals surface area contributed by atoms with Crippen LogP contribution in [0.4, 0.5) is 5.69 Å². The van der Waals surface area contributed by atoms with Gasteiger partial charge in [-0.05, 0) is 56.2 Å². The highest BCUT2D eigenvalue weighted by Gasteiger charge is 2.34. The van der Waals surface area contributed by atoms with Gasteiger partial charge in [0.1, 0.15) is 18.3 Å². The van der Waals surface area contributed by atoms with E-state index >= 15 is 0 Å². The number of hydrogen-bond acceptors (Lipinski definition) is 5. The van der Waals surface area contributed by atoms with E-state index in [0.29, 0.717) is 22.8 Å². The summed E-state index contributed by atoms with van der Waals surface area (Å²) in [4.78, 5) is 28.6. The van der Waals surface area contributed by atoms with Gasteiger partial charge in [-0.2, -0.15) is 0 Å². The zero-order chi connectivity index (χ0) is 28.6. The van der Waals surface area contributed by atoms with Crippen molar-refractivity contribution < 1.29 is 22.7 Å². The molecule has 0 saturated heterocycles. The zero-order valence-corrected chi connectivity index (χ0v) is 24.1. The van der Waals surface area contributed by atoms with Gasteiger partial charge in [0.05, 0.1) is 17.7 Å². The molecule has 0 aliphatic heterocycles. The first-order valence-corrected chi connectivity index (χ1v) is 14.4. The summed E-state index contributed by atoms with van der Waals surface area (Å²) in [6.07, 6.45) is 0.319. The SMILES string of the molecule is CC[C@H](C(=O)NC(C)C)N(Cc1ccccc1Cl)C(=O)CN(c1cccc(OC)c1)S(=O)(=O)c1ccccc1. The lowest BCUT2D eigenvalue weighted by atomic mass is 10.1. The van der Waals surface area contributed by atoms with Crippen LogP contribution in [0.3, 0.4) is 0 Å². The quantitative estimate of drug-likeness (QED) is 0.334. The van der Waals surface area contributed by atoms with Gasteiger partial charge < -0.3 is 15.0 Å². The van der Waals surface area contributed by atoms with E-state index in [2.05, 4.69) is 5.32 Å². The van der Waals surface area contributed by atoms with Crippen LogP contribution in [-0.2, 0) is 26.2 Å². The van der Waals surface area contributed by atoms with Crippen molar-refractivity contribution in [3.63, 3.8) is 0 Å². The Balaban J connectivity index is 2.08. The predicted molar refractivity (Wildman–Crippen MR) is 153 cm³/mol. The first kappa shape index (κ1) is 30.0. The largest absolute Gasteiger partial charge is 0.497 e. The van der Waals surface area contributed by atoms with Gasteiger partial charge in [0.25, 0.3) is 10.0 Å². The number of halogens is 1. The number of amides is 2. The van der Waals surface area contributed by atoms with Crippen LogP contribution in [0, 0.1) is 0 Å². The molecule has 0 aliphatic carbocycles. The van der Waals surface area contributed by atoms with Crippen molar-refractivity contribution >= 4 is 39.1 Å². The molecule has 8 nitrogen and oxygen atoms in total. The van der Waals surface area contributed by atoms with Gasteiger partial charge >= 0.3 is 0 Å². The van der Waals surface area contributed by atoms with Crippen molar-refractivity contribution in [3.05, 3.63) is 89.4 Å². The Morgan fingerprint density at radius 2 is 1.64 bits per heavy atom. The molecule has 1 atom stereocenters. The number of anilines is 1. The summed E-state index contributed by atoms with van der Waals surface area (Å²) in [5, 5.41) is 3.31. The first-order chi connectivity index (χ1) is 18.6. The molecule has 39 heavy (non-hydrogen) atoms. The fraction of sp³-hybridized carbons (Fsp3) is 0.310. The fourth-order valence-electron chi connectivity index (χ4n) is 4.12. The molecule has 3 aromatic rings. The second kappa shape index (κ2) is 13.5. The minimum absolute atomic E-state index is 0.0276. The summed E-state index contributed by atoms with van der Waals surface area (Å²) < 4.78 is 34.0. The Labute approximate surface area is 235 Å². The van der Waals surface area contributed by atoms with Crippen molar-refractivity contribution in [2.45, 2.75) is 50.7 Å². The first-order valence-electron chi connectivity index (χ1n) is 12.6. The molecule has 0 aliphatic rings. The molecule has 3 rings (SSSR count). The molecule has 1 N–H and O–H groups in total. The molecule has 208 valence electrons. The van der Waals surface area contributed by atoms with E-state index in [1.54, 1.807) is 73.7 Å². The molecule has 0 unspecified atom stereocenters. The molecule has 0 bridgehead atoms. The number of sulfonamides is 1. The number of methoxy groups -OCH3 is 1. The summed E-state index contributed by atoms with van der Waals surface area (Å²) in [5.74, 6) is -0.446. The molecule has 3 aromatic carbocycles. The molecular weight excluding hydrogens is 538 g/mol. The molecule has 0 aromatic heterocycles. The highest BCUT2D eigenvalue weighted by Crippen LogP contribution is 2.28. The monoisotopic (exact) mass is 571 g/mol. The Hall–Kier alpha value is -3.56. The van der Waals surface area contributed by atoms with Crippen LogP contribution in [-0.4, -0.2) is 50.9 Å². The molecule has 2 amide bonds. The van der Waals surface area contributed by atoms with E-state index in [9.17, 15) is 18.0 Å². The summed E-state index contributed by atoms with van der Waals surface area (Å²) in [6.45, 7) is 4.96. The van der Waals surface area contributed by atoms with E-state index in [1.165, 1.54) is 24.1 Å². The van der Waals surface area contributed by atoms with Gasteiger partial charge in [-0.3, -0.25) is 13.9 Å². The maximum atomic E-state index is 14.0. The summed E-state index contributed by atoms with van der Waals surface area (Å²) in [5.41, 5.74) is 0.895. The van der Waals surface area contributed by atoms with Gasteiger partial charge in [0, 0.05) is 23.7 Å². The Kier molecular flexibility index (Phi) is 10.4. The van der Waals surface area contributed by atoms with Crippen LogP contribution in [0.2, 0.25) is 5.02 Å². The van der Waals surface area contributed by atoms with Crippen LogP contribution >= 0.6 is 11.6 Å². The van der Waals surface area contributed by atoms with Crippen molar-refractivity contribution in [2.24, 2.45) is 0 Å². The van der Waals surface area contributed by atoms with E-state index < -0.39 is 28.5 Å². The van der Waals surface area contributed by atoms with Crippen LogP contribution in [0.25, 0.3) is 0 Å². The van der Waals surface area contributed by atoms with Crippen molar-refractivity contribution in [1.82, 2.24) is 10.2 Å². The number of benzene rings is 3. The third-order valence-corrected chi connectivity index (χ3v) is 8.22. The van der Waals surface area contributed by atoms with Gasteiger partial charge in [0.15, 0.2) is 0 Å². The number of carbonyl (C=O) groups is 2. The molecular formula is C29H34ClN3O5S. The predicted octanol–water partition coefficient (Wildman–Crippen LogP) is 4.88. The van der Waals surface area contributed by atoms with E-state index in [0.717, 1.165) is 4.31 Å². The lowest BCUT2D eigenvalue weighted by molar-refractivity contribution is -0.140. The number of nitrogens with one attached hydrogen (secondary N) is 1. The number of rotatable bonds is 12. The van der Waals surface area contributed by atoms with E-state index in [-0.39, 0.29) is 29.1 Å².